The number of halogens is 3. The van der Waals surface area contributed by atoms with Gasteiger partial charge in [0, 0.05) is 4.47 Å². The molecule has 0 aliphatic carbocycles. The fourth-order valence-corrected chi connectivity index (χ4v) is 2.61. The second-order valence-corrected chi connectivity index (χ2v) is 5.89. The van der Waals surface area contributed by atoms with Gasteiger partial charge in [0.25, 0.3) is 0 Å². The zero-order valence-electron chi connectivity index (χ0n) is 10.0. The van der Waals surface area contributed by atoms with E-state index in [1.165, 1.54) is 5.56 Å². The average Bonchev–Trinajstić information content (AvgIpc) is 2.42. The van der Waals surface area contributed by atoms with Crippen LogP contribution in [-0.2, 0) is 6.42 Å². The fraction of sp³-hybridized carbons (Fsp3) is 0.143. The molecule has 5 heteroatoms. The van der Waals surface area contributed by atoms with Crippen LogP contribution in [-0.4, -0.2) is 0 Å². The minimum Gasteiger partial charge on any atom is -0.271 e. The Balaban J connectivity index is 2.25. The fourth-order valence-electron chi connectivity index (χ4n) is 1.90. The average molecular weight is 360 g/mol. The van der Waals surface area contributed by atoms with E-state index in [9.17, 15) is 0 Å². The number of rotatable bonds is 4. The van der Waals surface area contributed by atoms with Crippen molar-refractivity contribution in [1.29, 1.82) is 0 Å². The molecule has 0 amide bonds. The van der Waals surface area contributed by atoms with Gasteiger partial charge in [-0.3, -0.25) is 11.3 Å². The van der Waals surface area contributed by atoms with Gasteiger partial charge in [0.15, 0.2) is 0 Å². The first kappa shape index (κ1) is 14.8. The summed E-state index contributed by atoms with van der Waals surface area (Å²) in [6.07, 6.45) is 0.740. The van der Waals surface area contributed by atoms with Crippen LogP contribution in [0, 0.1) is 0 Å². The first-order chi connectivity index (χ1) is 9.11. The van der Waals surface area contributed by atoms with Gasteiger partial charge in [-0.1, -0.05) is 63.4 Å². The topological polar surface area (TPSA) is 38.0 Å². The third-order valence-electron chi connectivity index (χ3n) is 2.91. The molecular weight excluding hydrogens is 347 g/mol. The summed E-state index contributed by atoms with van der Waals surface area (Å²) in [5.74, 6) is 5.64. The number of hydrazine groups is 1. The zero-order chi connectivity index (χ0) is 13.8. The van der Waals surface area contributed by atoms with Crippen LogP contribution in [0.25, 0.3) is 0 Å². The van der Waals surface area contributed by atoms with Gasteiger partial charge in [0.2, 0.25) is 0 Å². The van der Waals surface area contributed by atoms with Crippen LogP contribution < -0.4 is 11.3 Å². The van der Waals surface area contributed by atoms with E-state index >= 15 is 0 Å². The van der Waals surface area contributed by atoms with Crippen molar-refractivity contribution in [2.24, 2.45) is 5.84 Å². The van der Waals surface area contributed by atoms with Gasteiger partial charge in [-0.05, 0) is 35.7 Å². The van der Waals surface area contributed by atoms with E-state index in [2.05, 4.69) is 21.4 Å². The molecule has 0 aliphatic heterocycles. The Morgan fingerprint density at radius 3 is 2.42 bits per heavy atom. The van der Waals surface area contributed by atoms with Gasteiger partial charge in [0.1, 0.15) is 0 Å². The summed E-state index contributed by atoms with van der Waals surface area (Å²) in [6.45, 7) is 0. The van der Waals surface area contributed by atoms with E-state index in [1.54, 1.807) is 6.07 Å². The number of nitrogens with one attached hydrogen (secondary N) is 1. The molecule has 1 unspecified atom stereocenters. The molecule has 0 saturated heterocycles. The molecule has 2 rings (SSSR count). The SMILES string of the molecule is NNC(Cc1ccc(Br)cc1)c1cccc(Cl)c1Cl. The van der Waals surface area contributed by atoms with Crippen LogP contribution in [0.3, 0.4) is 0 Å². The molecule has 0 saturated carbocycles. The molecule has 19 heavy (non-hydrogen) atoms. The number of nitrogens with two attached hydrogens (primary N) is 1. The normalized spacial score (nSPS) is 12.4. The van der Waals surface area contributed by atoms with Gasteiger partial charge in [-0.15, -0.1) is 0 Å². The molecule has 2 nitrogen and oxygen atoms in total. The summed E-state index contributed by atoms with van der Waals surface area (Å²) in [4.78, 5) is 0. The van der Waals surface area contributed by atoms with Crippen LogP contribution in [0.15, 0.2) is 46.9 Å². The third kappa shape index (κ3) is 3.71. The van der Waals surface area contributed by atoms with E-state index in [4.69, 9.17) is 29.0 Å². The highest BCUT2D eigenvalue weighted by molar-refractivity contribution is 9.10. The number of hydrogen-bond acceptors (Lipinski definition) is 2. The first-order valence-corrected chi connectivity index (χ1v) is 7.31. The lowest BCUT2D eigenvalue weighted by Crippen LogP contribution is -2.29. The molecule has 0 bridgehead atoms. The molecule has 1 atom stereocenters. The minimum atomic E-state index is -0.0765. The molecule has 100 valence electrons. The van der Waals surface area contributed by atoms with Gasteiger partial charge >= 0.3 is 0 Å². The molecule has 2 aromatic rings. The van der Waals surface area contributed by atoms with Crippen molar-refractivity contribution in [3.63, 3.8) is 0 Å². The lowest BCUT2D eigenvalue weighted by molar-refractivity contribution is 0.552. The van der Waals surface area contributed by atoms with Crippen molar-refractivity contribution in [3.05, 3.63) is 68.1 Å². The minimum absolute atomic E-state index is 0.0765. The second kappa shape index (κ2) is 6.73. The standard InChI is InChI=1S/C14H13BrCl2N2/c15-10-6-4-9(5-7-10)8-13(19-18)11-2-1-3-12(16)14(11)17/h1-7,13,19H,8,18H2. The van der Waals surface area contributed by atoms with Crippen LogP contribution in [0.5, 0.6) is 0 Å². The van der Waals surface area contributed by atoms with Crippen LogP contribution >= 0.6 is 39.1 Å². The van der Waals surface area contributed by atoms with Crippen molar-refractivity contribution >= 4 is 39.1 Å². The van der Waals surface area contributed by atoms with Crippen LogP contribution in [0.4, 0.5) is 0 Å². The molecule has 2 aromatic carbocycles. The Morgan fingerprint density at radius 2 is 1.79 bits per heavy atom. The highest BCUT2D eigenvalue weighted by Gasteiger charge is 2.15. The predicted octanol–water partition coefficient (Wildman–Crippen LogP) is 4.50. The molecule has 0 spiro atoms. The summed E-state index contributed by atoms with van der Waals surface area (Å²) < 4.78 is 1.05. The number of benzene rings is 2. The summed E-state index contributed by atoms with van der Waals surface area (Å²) in [5.41, 5.74) is 4.87. The molecule has 3 N–H and O–H groups in total. The largest absolute Gasteiger partial charge is 0.271 e. The highest BCUT2D eigenvalue weighted by Crippen LogP contribution is 2.31. The maximum absolute atomic E-state index is 6.22. The Bertz CT molecular complexity index is 558. The lowest BCUT2D eigenvalue weighted by atomic mass is 9.99. The van der Waals surface area contributed by atoms with Crippen molar-refractivity contribution in [2.45, 2.75) is 12.5 Å². The quantitative estimate of drug-likeness (QED) is 0.622. The Morgan fingerprint density at radius 1 is 1.11 bits per heavy atom. The third-order valence-corrected chi connectivity index (χ3v) is 4.27. The Labute approximate surface area is 131 Å². The molecule has 0 fully saturated rings. The molecule has 0 heterocycles. The summed E-state index contributed by atoms with van der Waals surface area (Å²) in [7, 11) is 0. The van der Waals surface area contributed by atoms with Crippen LogP contribution in [0.1, 0.15) is 17.2 Å². The van der Waals surface area contributed by atoms with Crippen LogP contribution in [0.2, 0.25) is 10.0 Å². The van der Waals surface area contributed by atoms with Crippen molar-refractivity contribution in [3.8, 4) is 0 Å². The zero-order valence-corrected chi connectivity index (χ0v) is 13.1. The lowest BCUT2D eigenvalue weighted by Gasteiger charge is -2.18. The maximum Gasteiger partial charge on any atom is 0.0640 e. The molecular formula is C14H13BrCl2N2. The predicted molar refractivity (Wildman–Crippen MR) is 84.4 cm³/mol. The van der Waals surface area contributed by atoms with Crippen molar-refractivity contribution in [1.82, 2.24) is 5.43 Å². The highest BCUT2D eigenvalue weighted by atomic mass is 79.9. The summed E-state index contributed by atoms with van der Waals surface area (Å²) >= 11 is 15.7. The summed E-state index contributed by atoms with van der Waals surface area (Å²) in [6, 6.07) is 13.6. The summed E-state index contributed by atoms with van der Waals surface area (Å²) in [5, 5.41) is 1.08. The molecule has 0 radical (unpaired) electrons. The van der Waals surface area contributed by atoms with Crippen molar-refractivity contribution < 1.29 is 0 Å². The van der Waals surface area contributed by atoms with E-state index in [1.807, 2.05) is 36.4 Å². The van der Waals surface area contributed by atoms with E-state index < -0.39 is 0 Å². The van der Waals surface area contributed by atoms with Crippen molar-refractivity contribution in [2.75, 3.05) is 0 Å². The Kier molecular flexibility index (Phi) is 5.25. The van der Waals surface area contributed by atoms with Gasteiger partial charge in [-0.2, -0.15) is 0 Å². The second-order valence-electron chi connectivity index (χ2n) is 4.19. The number of hydrogen-bond donors (Lipinski definition) is 2. The maximum atomic E-state index is 6.22. The molecule has 0 aliphatic rings. The monoisotopic (exact) mass is 358 g/mol. The Hall–Kier alpha value is -0.580. The van der Waals surface area contributed by atoms with E-state index in [0.29, 0.717) is 10.0 Å². The van der Waals surface area contributed by atoms with Gasteiger partial charge < -0.3 is 0 Å². The van der Waals surface area contributed by atoms with Gasteiger partial charge in [-0.25, -0.2) is 0 Å². The van der Waals surface area contributed by atoms with Gasteiger partial charge in [0.05, 0.1) is 16.1 Å². The smallest absolute Gasteiger partial charge is 0.0640 e. The van der Waals surface area contributed by atoms with E-state index in [0.717, 1.165) is 16.5 Å². The first-order valence-electron chi connectivity index (χ1n) is 5.76. The van der Waals surface area contributed by atoms with E-state index in [-0.39, 0.29) is 6.04 Å². The molecule has 0 aromatic heterocycles.